The zero-order valence-corrected chi connectivity index (χ0v) is 11.0. The summed E-state index contributed by atoms with van der Waals surface area (Å²) in [6.45, 7) is 0. The standard InChI is InChI=1S/C13H13N3OS/c1-16-13(10(14)7-15-16)12-6-8-5-9(17-2)3-4-11(8)18-12/h3-7H,14H2,1-2H3. The van der Waals surface area contributed by atoms with E-state index in [-0.39, 0.29) is 0 Å². The Kier molecular flexibility index (Phi) is 2.48. The van der Waals surface area contributed by atoms with Gasteiger partial charge < -0.3 is 10.5 Å². The fourth-order valence-electron chi connectivity index (χ4n) is 2.02. The van der Waals surface area contributed by atoms with Crippen molar-refractivity contribution in [2.24, 2.45) is 7.05 Å². The molecular formula is C13H13N3OS. The third-order valence-electron chi connectivity index (χ3n) is 2.92. The summed E-state index contributed by atoms with van der Waals surface area (Å²) in [4.78, 5) is 1.12. The summed E-state index contributed by atoms with van der Waals surface area (Å²) in [5.74, 6) is 0.866. The van der Waals surface area contributed by atoms with E-state index < -0.39 is 0 Å². The van der Waals surface area contributed by atoms with Gasteiger partial charge in [-0.15, -0.1) is 11.3 Å². The number of nitrogen functional groups attached to an aromatic ring is 1. The topological polar surface area (TPSA) is 53.1 Å². The number of nitrogens with zero attached hydrogens (tertiary/aromatic N) is 2. The fraction of sp³-hybridized carbons (Fsp3) is 0.154. The van der Waals surface area contributed by atoms with Crippen molar-refractivity contribution in [2.45, 2.75) is 0 Å². The lowest BCUT2D eigenvalue weighted by molar-refractivity contribution is 0.415. The quantitative estimate of drug-likeness (QED) is 0.770. The molecule has 4 nitrogen and oxygen atoms in total. The molecule has 0 bridgehead atoms. The number of ether oxygens (including phenoxy) is 1. The fourth-order valence-corrected chi connectivity index (χ4v) is 3.16. The van der Waals surface area contributed by atoms with Gasteiger partial charge in [0.25, 0.3) is 0 Å². The maximum atomic E-state index is 5.95. The zero-order chi connectivity index (χ0) is 12.7. The van der Waals surface area contributed by atoms with Crippen molar-refractivity contribution in [3.05, 3.63) is 30.5 Å². The highest BCUT2D eigenvalue weighted by molar-refractivity contribution is 7.22. The van der Waals surface area contributed by atoms with E-state index >= 15 is 0 Å². The number of nitrogens with two attached hydrogens (primary N) is 1. The first kappa shape index (κ1) is 11.1. The number of anilines is 1. The SMILES string of the molecule is COc1ccc2sc(-c3c(N)cnn3C)cc2c1. The molecule has 18 heavy (non-hydrogen) atoms. The van der Waals surface area contributed by atoms with Crippen LogP contribution in [0.25, 0.3) is 20.7 Å². The average Bonchev–Trinajstić information content (AvgIpc) is 2.91. The molecule has 2 heterocycles. The Morgan fingerprint density at radius 1 is 1.33 bits per heavy atom. The molecule has 2 N–H and O–H groups in total. The van der Waals surface area contributed by atoms with Crippen LogP contribution in [0.5, 0.6) is 5.75 Å². The minimum atomic E-state index is 0.705. The van der Waals surface area contributed by atoms with E-state index in [0.29, 0.717) is 5.69 Å². The Labute approximate surface area is 109 Å². The molecule has 1 aromatic carbocycles. The van der Waals surface area contributed by atoms with Crippen LogP contribution >= 0.6 is 11.3 Å². The second-order valence-corrected chi connectivity index (χ2v) is 5.17. The van der Waals surface area contributed by atoms with Gasteiger partial charge in [0.05, 0.1) is 23.9 Å². The molecule has 0 aliphatic carbocycles. The Balaban J connectivity index is 2.19. The number of benzene rings is 1. The second kappa shape index (κ2) is 4.03. The lowest BCUT2D eigenvalue weighted by atomic mass is 10.2. The molecule has 0 fully saturated rings. The molecule has 0 spiro atoms. The summed E-state index contributed by atoms with van der Waals surface area (Å²) >= 11 is 1.71. The first-order chi connectivity index (χ1) is 8.69. The number of methoxy groups -OCH3 is 1. The molecule has 2 aromatic heterocycles. The summed E-state index contributed by atoms with van der Waals surface area (Å²) in [5, 5.41) is 5.33. The van der Waals surface area contributed by atoms with Crippen LogP contribution in [0, 0.1) is 0 Å². The monoisotopic (exact) mass is 259 g/mol. The van der Waals surface area contributed by atoms with Crippen molar-refractivity contribution in [2.75, 3.05) is 12.8 Å². The molecule has 0 atom stereocenters. The van der Waals surface area contributed by atoms with E-state index in [1.165, 1.54) is 4.70 Å². The summed E-state index contributed by atoms with van der Waals surface area (Å²) < 4.78 is 8.25. The minimum Gasteiger partial charge on any atom is -0.497 e. The number of aryl methyl sites for hydroxylation is 1. The highest BCUT2D eigenvalue weighted by Gasteiger charge is 2.12. The van der Waals surface area contributed by atoms with Gasteiger partial charge in [0.2, 0.25) is 0 Å². The molecule has 5 heteroatoms. The van der Waals surface area contributed by atoms with E-state index in [0.717, 1.165) is 21.7 Å². The second-order valence-electron chi connectivity index (χ2n) is 4.09. The van der Waals surface area contributed by atoms with Crippen LogP contribution in [-0.2, 0) is 7.05 Å². The zero-order valence-electron chi connectivity index (χ0n) is 10.2. The van der Waals surface area contributed by atoms with Crippen LogP contribution in [0.2, 0.25) is 0 Å². The Hall–Kier alpha value is -2.01. The summed E-state index contributed by atoms with van der Waals surface area (Å²) in [6, 6.07) is 8.18. The number of hydrogen-bond acceptors (Lipinski definition) is 4. The van der Waals surface area contributed by atoms with Gasteiger partial charge in [0.15, 0.2) is 0 Å². The van der Waals surface area contributed by atoms with Crippen LogP contribution in [0.1, 0.15) is 0 Å². The lowest BCUT2D eigenvalue weighted by Crippen LogP contribution is -1.93. The van der Waals surface area contributed by atoms with E-state index in [4.69, 9.17) is 10.5 Å². The van der Waals surface area contributed by atoms with E-state index in [2.05, 4.69) is 17.2 Å². The first-order valence-corrected chi connectivity index (χ1v) is 6.36. The molecule has 92 valence electrons. The Bertz CT molecular complexity index is 695. The molecule has 3 rings (SSSR count). The largest absolute Gasteiger partial charge is 0.497 e. The van der Waals surface area contributed by atoms with Gasteiger partial charge in [-0.25, -0.2) is 0 Å². The van der Waals surface area contributed by atoms with E-state index in [9.17, 15) is 0 Å². The molecule has 0 aliphatic rings. The summed E-state index contributed by atoms with van der Waals surface area (Å²) in [6.07, 6.45) is 1.68. The van der Waals surface area contributed by atoms with Gasteiger partial charge in [-0.2, -0.15) is 5.10 Å². The molecule has 0 saturated heterocycles. The van der Waals surface area contributed by atoms with Gasteiger partial charge in [-0.05, 0) is 29.7 Å². The van der Waals surface area contributed by atoms with E-state index in [1.807, 2.05) is 19.2 Å². The number of hydrogen-bond donors (Lipinski definition) is 1. The third-order valence-corrected chi connectivity index (χ3v) is 4.05. The average molecular weight is 259 g/mol. The molecule has 0 unspecified atom stereocenters. The van der Waals surface area contributed by atoms with Gasteiger partial charge in [-0.3, -0.25) is 4.68 Å². The Morgan fingerprint density at radius 3 is 2.83 bits per heavy atom. The molecule has 0 amide bonds. The van der Waals surface area contributed by atoms with Gasteiger partial charge in [-0.1, -0.05) is 0 Å². The Morgan fingerprint density at radius 2 is 2.17 bits per heavy atom. The normalized spacial score (nSPS) is 11.0. The van der Waals surface area contributed by atoms with Gasteiger partial charge in [0.1, 0.15) is 11.4 Å². The number of aromatic nitrogens is 2. The molecular weight excluding hydrogens is 246 g/mol. The smallest absolute Gasteiger partial charge is 0.119 e. The van der Waals surface area contributed by atoms with Crippen molar-refractivity contribution in [1.82, 2.24) is 9.78 Å². The highest BCUT2D eigenvalue weighted by Crippen LogP contribution is 2.37. The van der Waals surface area contributed by atoms with Crippen LogP contribution in [0.3, 0.4) is 0 Å². The molecule has 0 aliphatic heterocycles. The third kappa shape index (κ3) is 1.64. The highest BCUT2D eigenvalue weighted by atomic mass is 32.1. The number of fused-ring (bicyclic) bond motifs is 1. The van der Waals surface area contributed by atoms with Crippen molar-refractivity contribution in [1.29, 1.82) is 0 Å². The maximum absolute atomic E-state index is 5.95. The van der Waals surface area contributed by atoms with Crippen LogP contribution in [0.15, 0.2) is 30.5 Å². The van der Waals surface area contributed by atoms with Gasteiger partial charge in [0, 0.05) is 11.7 Å². The predicted molar refractivity (Wildman–Crippen MR) is 75.0 cm³/mol. The first-order valence-electron chi connectivity index (χ1n) is 5.54. The predicted octanol–water partition coefficient (Wildman–Crippen LogP) is 2.89. The summed E-state index contributed by atoms with van der Waals surface area (Å²) in [5.41, 5.74) is 7.62. The van der Waals surface area contributed by atoms with Crippen LogP contribution in [-0.4, -0.2) is 16.9 Å². The van der Waals surface area contributed by atoms with E-state index in [1.54, 1.807) is 29.3 Å². The lowest BCUT2D eigenvalue weighted by Gasteiger charge is -1.98. The molecule has 0 saturated carbocycles. The number of rotatable bonds is 2. The molecule has 0 radical (unpaired) electrons. The van der Waals surface area contributed by atoms with Crippen molar-refractivity contribution in [3.63, 3.8) is 0 Å². The van der Waals surface area contributed by atoms with Crippen molar-refractivity contribution < 1.29 is 4.74 Å². The molecule has 3 aromatic rings. The minimum absolute atomic E-state index is 0.705. The van der Waals surface area contributed by atoms with Gasteiger partial charge >= 0.3 is 0 Å². The number of thiophene rings is 1. The van der Waals surface area contributed by atoms with Crippen molar-refractivity contribution >= 4 is 27.1 Å². The van der Waals surface area contributed by atoms with Crippen LogP contribution < -0.4 is 10.5 Å². The maximum Gasteiger partial charge on any atom is 0.119 e. The van der Waals surface area contributed by atoms with Crippen molar-refractivity contribution in [3.8, 4) is 16.3 Å². The van der Waals surface area contributed by atoms with Crippen LogP contribution in [0.4, 0.5) is 5.69 Å². The summed E-state index contributed by atoms with van der Waals surface area (Å²) in [7, 11) is 3.57.